The fourth-order valence-corrected chi connectivity index (χ4v) is 2.10. The van der Waals surface area contributed by atoms with E-state index < -0.39 is 5.97 Å². The number of benzene rings is 2. The molecule has 0 atom stereocenters. The number of aliphatic imine (C=N–C) groups is 1. The van der Waals surface area contributed by atoms with Crippen molar-refractivity contribution in [2.24, 2.45) is 4.99 Å². The Kier molecular flexibility index (Phi) is 4.29. The van der Waals surface area contributed by atoms with Crippen molar-refractivity contribution >= 4 is 29.5 Å². The number of carboxylic acid groups (broad SMARTS) is 1. The molecule has 0 heterocycles. The van der Waals surface area contributed by atoms with Gasteiger partial charge in [0.2, 0.25) is 0 Å². The molecule has 0 fully saturated rings. The van der Waals surface area contributed by atoms with Crippen molar-refractivity contribution in [3.05, 3.63) is 57.6 Å². The maximum Gasteiger partial charge on any atom is 0.335 e. The van der Waals surface area contributed by atoms with Crippen LogP contribution in [0.3, 0.4) is 0 Å². The number of aromatic hydroxyl groups is 1. The molecule has 0 saturated carbocycles. The predicted octanol–water partition coefficient (Wildman–Crippen LogP) is 4.11. The first-order valence-electron chi connectivity index (χ1n) is 6.26. The van der Waals surface area contributed by atoms with Crippen LogP contribution in [0.25, 0.3) is 0 Å². The average molecular weight is 304 g/mol. The van der Waals surface area contributed by atoms with Crippen molar-refractivity contribution in [3.63, 3.8) is 0 Å². The second-order valence-electron chi connectivity index (χ2n) is 4.68. The normalized spacial score (nSPS) is 11.0. The van der Waals surface area contributed by atoms with Gasteiger partial charge in [-0.1, -0.05) is 11.6 Å². The fraction of sp³-hybridized carbons (Fsp3) is 0.125. The van der Waals surface area contributed by atoms with E-state index in [0.29, 0.717) is 16.3 Å². The van der Waals surface area contributed by atoms with Crippen LogP contribution in [0.4, 0.5) is 5.69 Å². The first-order chi connectivity index (χ1) is 9.90. The van der Waals surface area contributed by atoms with Gasteiger partial charge in [-0.25, -0.2) is 4.79 Å². The summed E-state index contributed by atoms with van der Waals surface area (Å²) in [6, 6.07) is 7.74. The van der Waals surface area contributed by atoms with Gasteiger partial charge in [0.25, 0.3) is 0 Å². The van der Waals surface area contributed by atoms with Gasteiger partial charge in [-0.05, 0) is 55.3 Å². The van der Waals surface area contributed by atoms with Crippen LogP contribution >= 0.6 is 11.6 Å². The molecule has 5 heteroatoms. The molecule has 2 aromatic rings. The molecule has 0 amide bonds. The van der Waals surface area contributed by atoms with E-state index in [1.807, 2.05) is 13.8 Å². The zero-order valence-corrected chi connectivity index (χ0v) is 12.3. The first kappa shape index (κ1) is 15.1. The monoisotopic (exact) mass is 303 g/mol. The Labute approximate surface area is 127 Å². The molecule has 108 valence electrons. The average Bonchev–Trinajstić information content (AvgIpc) is 2.45. The highest BCUT2D eigenvalue weighted by Gasteiger charge is 2.09. The highest BCUT2D eigenvalue weighted by Crippen LogP contribution is 2.30. The van der Waals surface area contributed by atoms with Crippen LogP contribution in [0, 0.1) is 13.8 Å². The van der Waals surface area contributed by atoms with Gasteiger partial charge in [-0.15, -0.1) is 0 Å². The molecule has 0 bridgehead atoms. The lowest BCUT2D eigenvalue weighted by Crippen LogP contribution is -1.94. The fourth-order valence-electron chi connectivity index (χ4n) is 1.94. The summed E-state index contributed by atoms with van der Waals surface area (Å²) < 4.78 is 0. The first-order valence-corrected chi connectivity index (χ1v) is 6.64. The molecule has 0 aromatic heterocycles. The maximum absolute atomic E-state index is 10.8. The summed E-state index contributed by atoms with van der Waals surface area (Å²) in [6.07, 6.45) is 1.52. The maximum atomic E-state index is 10.8. The van der Waals surface area contributed by atoms with Crippen LogP contribution in [-0.2, 0) is 0 Å². The van der Waals surface area contributed by atoms with Gasteiger partial charge in [-0.3, -0.25) is 4.99 Å². The highest BCUT2D eigenvalue weighted by molar-refractivity contribution is 6.32. The van der Waals surface area contributed by atoms with Gasteiger partial charge in [-0.2, -0.15) is 0 Å². The SMILES string of the molecule is Cc1cc(O)c(C=Nc2ccc(C(=O)O)cc2)c(C)c1Cl. The number of rotatable bonds is 3. The van der Waals surface area contributed by atoms with Crippen molar-refractivity contribution in [3.8, 4) is 5.75 Å². The number of hydrogen-bond acceptors (Lipinski definition) is 3. The number of aromatic carboxylic acids is 1. The standard InChI is InChI=1S/C16H14ClNO3/c1-9-7-14(19)13(10(2)15(9)17)8-18-12-5-3-11(4-6-12)16(20)21/h3-8,19H,1-2H3,(H,20,21). The van der Waals surface area contributed by atoms with E-state index in [0.717, 1.165) is 11.1 Å². The van der Waals surface area contributed by atoms with E-state index in [2.05, 4.69) is 4.99 Å². The Hall–Kier alpha value is -2.33. The second-order valence-corrected chi connectivity index (χ2v) is 5.05. The van der Waals surface area contributed by atoms with E-state index in [1.54, 1.807) is 18.2 Å². The predicted molar refractivity (Wildman–Crippen MR) is 83.2 cm³/mol. The number of phenols is 1. The van der Waals surface area contributed by atoms with Gasteiger partial charge in [0, 0.05) is 16.8 Å². The van der Waals surface area contributed by atoms with Crippen LogP contribution in [0.15, 0.2) is 35.3 Å². The molecule has 2 N–H and O–H groups in total. The molecule has 0 aliphatic carbocycles. The molecule has 21 heavy (non-hydrogen) atoms. The minimum atomic E-state index is -0.982. The van der Waals surface area contributed by atoms with Gasteiger partial charge in [0.05, 0.1) is 11.3 Å². The smallest absolute Gasteiger partial charge is 0.335 e. The number of carbonyl (C=O) groups is 1. The molecule has 0 unspecified atom stereocenters. The largest absolute Gasteiger partial charge is 0.507 e. The number of halogens is 1. The van der Waals surface area contributed by atoms with Gasteiger partial charge in [0.15, 0.2) is 0 Å². The lowest BCUT2D eigenvalue weighted by molar-refractivity contribution is 0.0697. The number of aryl methyl sites for hydroxylation is 1. The molecular weight excluding hydrogens is 290 g/mol. The Balaban J connectivity index is 2.33. The summed E-state index contributed by atoms with van der Waals surface area (Å²) in [6.45, 7) is 3.63. The molecule has 2 aromatic carbocycles. The molecule has 0 aliphatic heterocycles. The number of phenolic OH excluding ortho intramolecular Hbond substituents is 1. The number of carboxylic acids is 1. The minimum absolute atomic E-state index is 0.111. The summed E-state index contributed by atoms with van der Waals surface area (Å²) in [7, 11) is 0. The third-order valence-corrected chi connectivity index (χ3v) is 3.75. The lowest BCUT2D eigenvalue weighted by atomic mass is 10.0. The zero-order valence-electron chi connectivity index (χ0n) is 11.6. The quantitative estimate of drug-likeness (QED) is 0.838. The summed E-state index contributed by atoms with van der Waals surface area (Å²) >= 11 is 6.15. The second kappa shape index (κ2) is 5.97. The van der Waals surface area contributed by atoms with Crippen molar-refractivity contribution in [1.29, 1.82) is 0 Å². The molecule has 4 nitrogen and oxygen atoms in total. The third kappa shape index (κ3) is 3.23. The number of nitrogens with zero attached hydrogens (tertiary/aromatic N) is 1. The number of hydrogen-bond donors (Lipinski definition) is 2. The Morgan fingerprint density at radius 3 is 2.43 bits per heavy atom. The lowest BCUT2D eigenvalue weighted by Gasteiger charge is -2.08. The summed E-state index contributed by atoms with van der Waals surface area (Å²) in [4.78, 5) is 15.0. The molecular formula is C16H14ClNO3. The van der Waals surface area contributed by atoms with E-state index in [9.17, 15) is 9.90 Å². The van der Waals surface area contributed by atoms with Crippen molar-refractivity contribution < 1.29 is 15.0 Å². The molecule has 0 aliphatic rings. The minimum Gasteiger partial charge on any atom is -0.507 e. The Bertz CT molecular complexity index is 721. The van der Waals surface area contributed by atoms with E-state index in [-0.39, 0.29) is 11.3 Å². The Morgan fingerprint density at radius 1 is 1.24 bits per heavy atom. The van der Waals surface area contributed by atoms with E-state index >= 15 is 0 Å². The van der Waals surface area contributed by atoms with Crippen LogP contribution in [0.5, 0.6) is 5.75 Å². The van der Waals surface area contributed by atoms with Crippen LogP contribution < -0.4 is 0 Å². The van der Waals surface area contributed by atoms with Gasteiger partial charge in [0.1, 0.15) is 5.75 Å². The van der Waals surface area contributed by atoms with E-state index in [1.165, 1.54) is 18.3 Å². The van der Waals surface area contributed by atoms with Crippen LogP contribution in [0.2, 0.25) is 5.02 Å². The van der Waals surface area contributed by atoms with Crippen molar-refractivity contribution in [2.75, 3.05) is 0 Å². The Morgan fingerprint density at radius 2 is 1.86 bits per heavy atom. The highest BCUT2D eigenvalue weighted by atomic mass is 35.5. The third-order valence-electron chi connectivity index (χ3n) is 3.17. The van der Waals surface area contributed by atoms with Gasteiger partial charge >= 0.3 is 5.97 Å². The molecule has 0 radical (unpaired) electrons. The van der Waals surface area contributed by atoms with Crippen LogP contribution in [-0.4, -0.2) is 22.4 Å². The summed E-state index contributed by atoms with van der Waals surface area (Å²) in [5.74, 6) is -0.871. The van der Waals surface area contributed by atoms with E-state index in [4.69, 9.17) is 16.7 Å². The van der Waals surface area contributed by atoms with Crippen LogP contribution in [0.1, 0.15) is 27.0 Å². The summed E-state index contributed by atoms with van der Waals surface area (Å²) in [5.41, 5.74) is 2.89. The summed E-state index contributed by atoms with van der Waals surface area (Å²) in [5, 5.41) is 19.4. The zero-order chi connectivity index (χ0) is 15.6. The van der Waals surface area contributed by atoms with Gasteiger partial charge < -0.3 is 10.2 Å². The van der Waals surface area contributed by atoms with Crippen molar-refractivity contribution in [1.82, 2.24) is 0 Å². The topological polar surface area (TPSA) is 69.9 Å². The molecule has 0 spiro atoms. The molecule has 2 rings (SSSR count). The van der Waals surface area contributed by atoms with Crippen molar-refractivity contribution in [2.45, 2.75) is 13.8 Å². The molecule has 0 saturated heterocycles.